The summed E-state index contributed by atoms with van der Waals surface area (Å²) < 4.78 is 0. The average Bonchev–Trinajstić information content (AvgIpc) is 2.04. The Hall–Kier alpha value is -1.24. The zero-order valence-electron chi connectivity index (χ0n) is 8.15. The second-order valence-electron chi connectivity index (χ2n) is 2.69. The van der Waals surface area contributed by atoms with Gasteiger partial charge in [-0.3, -0.25) is 0 Å². The SMILES string of the molecule is C=CNC(=C)/C(C)=C\C(C)=C/C. The summed E-state index contributed by atoms with van der Waals surface area (Å²) >= 11 is 0. The molecule has 0 saturated heterocycles. The van der Waals surface area contributed by atoms with Gasteiger partial charge in [0.05, 0.1) is 0 Å². The van der Waals surface area contributed by atoms with Crippen LogP contribution in [0.15, 0.2) is 48.4 Å². The van der Waals surface area contributed by atoms with Gasteiger partial charge >= 0.3 is 0 Å². The molecule has 0 fully saturated rings. The maximum absolute atomic E-state index is 3.85. The van der Waals surface area contributed by atoms with Crippen molar-refractivity contribution in [1.29, 1.82) is 0 Å². The summed E-state index contributed by atoms with van der Waals surface area (Å²) in [6, 6.07) is 0. The van der Waals surface area contributed by atoms with Gasteiger partial charge in [0, 0.05) is 5.70 Å². The van der Waals surface area contributed by atoms with Crippen molar-refractivity contribution in [3.05, 3.63) is 48.4 Å². The largest absolute Gasteiger partial charge is 0.363 e. The van der Waals surface area contributed by atoms with Crippen LogP contribution in [-0.2, 0) is 0 Å². The lowest BCUT2D eigenvalue weighted by molar-refractivity contribution is 1.08. The molecular formula is C11H17N. The van der Waals surface area contributed by atoms with Crippen LogP contribution >= 0.6 is 0 Å². The molecule has 1 heteroatoms. The van der Waals surface area contributed by atoms with Crippen molar-refractivity contribution in [2.24, 2.45) is 0 Å². The third-order valence-electron chi connectivity index (χ3n) is 1.65. The van der Waals surface area contributed by atoms with Crippen LogP contribution in [0.25, 0.3) is 0 Å². The molecule has 1 nitrogen and oxygen atoms in total. The van der Waals surface area contributed by atoms with Gasteiger partial charge in [-0.15, -0.1) is 0 Å². The summed E-state index contributed by atoms with van der Waals surface area (Å²) in [6.07, 6.45) is 5.77. The molecule has 0 bridgehead atoms. The van der Waals surface area contributed by atoms with Crippen molar-refractivity contribution in [2.75, 3.05) is 0 Å². The van der Waals surface area contributed by atoms with Crippen LogP contribution in [0.2, 0.25) is 0 Å². The average molecular weight is 163 g/mol. The van der Waals surface area contributed by atoms with Crippen molar-refractivity contribution < 1.29 is 0 Å². The quantitative estimate of drug-likeness (QED) is 0.628. The van der Waals surface area contributed by atoms with Crippen molar-refractivity contribution in [3.63, 3.8) is 0 Å². The van der Waals surface area contributed by atoms with E-state index in [0.29, 0.717) is 0 Å². The third kappa shape index (κ3) is 3.81. The highest BCUT2D eigenvalue weighted by atomic mass is 14.8. The summed E-state index contributed by atoms with van der Waals surface area (Å²) in [4.78, 5) is 0. The Bertz CT molecular complexity index is 231. The predicted molar refractivity (Wildman–Crippen MR) is 55.7 cm³/mol. The van der Waals surface area contributed by atoms with Gasteiger partial charge in [0.25, 0.3) is 0 Å². The first-order valence-corrected chi connectivity index (χ1v) is 3.99. The van der Waals surface area contributed by atoms with Gasteiger partial charge in [-0.1, -0.05) is 30.9 Å². The van der Waals surface area contributed by atoms with Gasteiger partial charge in [0.1, 0.15) is 0 Å². The van der Waals surface area contributed by atoms with Crippen LogP contribution in [-0.4, -0.2) is 0 Å². The Labute approximate surface area is 75.2 Å². The lowest BCUT2D eigenvalue weighted by Crippen LogP contribution is -2.03. The molecule has 0 aliphatic carbocycles. The number of hydrogen-bond donors (Lipinski definition) is 1. The molecule has 0 aromatic heterocycles. The topological polar surface area (TPSA) is 12.0 Å². The van der Waals surface area contributed by atoms with E-state index >= 15 is 0 Å². The van der Waals surface area contributed by atoms with Gasteiger partial charge in [-0.25, -0.2) is 0 Å². The smallest absolute Gasteiger partial charge is 0.0336 e. The van der Waals surface area contributed by atoms with E-state index in [1.165, 1.54) is 5.57 Å². The minimum absolute atomic E-state index is 0.895. The van der Waals surface area contributed by atoms with Gasteiger partial charge in [-0.2, -0.15) is 0 Å². The van der Waals surface area contributed by atoms with Gasteiger partial charge in [-0.05, 0) is 32.5 Å². The number of allylic oxidation sites excluding steroid dienone is 4. The van der Waals surface area contributed by atoms with Crippen molar-refractivity contribution in [2.45, 2.75) is 20.8 Å². The molecule has 0 atom stereocenters. The van der Waals surface area contributed by atoms with Crippen LogP contribution in [0.5, 0.6) is 0 Å². The molecule has 0 rings (SSSR count). The Balaban J connectivity index is 4.37. The molecule has 0 aliphatic heterocycles. The van der Waals surface area contributed by atoms with Crippen molar-refractivity contribution >= 4 is 0 Å². The van der Waals surface area contributed by atoms with E-state index in [9.17, 15) is 0 Å². The number of nitrogens with one attached hydrogen (secondary N) is 1. The second kappa shape index (κ2) is 5.42. The van der Waals surface area contributed by atoms with E-state index < -0.39 is 0 Å². The molecule has 0 aromatic carbocycles. The molecule has 12 heavy (non-hydrogen) atoms. The van der Waals surface area contributed by atoms with Gasteiger partial charge in [0.2, 0.25) is 0 Å². The van der Waals surface area contributed by atoms with Crippen molar-refractivity contribution in [1.82, 2.24) is 5.32 Å². The molecule has 0 aliphatic rings. The second-order valence-corrected chi connectivity index (χ2v) is 2.69. The van der Waals surface area contributed by atoms with Gasteiger partial charge in [0.15, 0.2) is 0 Å². The summed E-state index contributed by atoms with van der Waals surface area (Å²) in [5.74, 6) is 0. The molecule has 0 radical (unpaired) electrons. The van der Waals surface area contributed by atoms with E-state index in [1.807, 2.05) is 13.8 Å². The highest BCUT2D eigenvalue weighted by Gasteiger charge is 1.92. The molecule has 0 unspecified atom stereocenters. The first kappa shape index (κ1) is 10.8. The van der Waals surface area contributed by atoms with E-state index in [4.69, 9.17) is 0 Å². The van der Waals surface area contributed by atoms with E-state index in [2.05, 4.69) is 37.6 Å². The Morgan fingerprint density at radius 1 is 1.33 bits per heavy atom. The standard InChI is InChI=1S/C11H17N/c1-6-9(3)8-10(4)11(5)12-7-2/h6-8,12H,2,5H2,1,3-4H3/b9-6-,10-8-. The van der Waals surface area contributed by atoms with E-state index in [-0.39, 0.29) is 0 Å². The summed E-state index contributed by atoms with van der Waals surface area (Å²) in [5.41, 5.74) is 3.26. The summed E-state index contributed by atoms with van der Waals surface area (Å²) in [6.45, 7) is 13.5. The Morgan fingerprint density at radius 2 is 1.92 bits per heavy atom. The first-order valence-electron chi connectivity index (χ1n) is 3.99. The fourth-order valence-electron chi connectivity index (χ4n) is 0.749. The van der Waals surface area contributed by atoms with Crippen LogP contribution in [0.3, 0.4) is 0 Å². The highest BCUT2D eigenvalue weighted by Crippen LogP contribution is 2.07. The fraction of sp³-hybridized carbons (Fsp3) is 0.273. The minimum atomic E-state index is 0.895. The lowest BCUT2D eigenvalue weighted by atomic mass is 10.1. The predicted octanol–water partition coefficient (Wildman–Crippen LogP) is 3.15. The van der Waals surface area contributed by atoms with Crippen LogP contribution in [0.4, 0.5) is 0 Å². The van der Waals surface area contributed by atoms with Crippen molar-refractivity contribution in [3.8, 4) is 0 Å². The molecule has 0 amide bonds. The zero-order chi connectivity index (χ0) is 9.56. The molecule has 0 heterocycles. The molecule has 66 valence electrons. The lowest BCUT2D eigenvalue weighted by Gasteiger charge is -2.04. The molecule has 0 aromatic rings. The van der Waals surface area contributed by atoms with Crippen LogP contribution in [0.1, 0.15) is 20.8 Å². The summed E-state index contributed by atoms with van der Waals surface area (Å²) in [5, 5.41) is 2.95. The monoisotopic (exact) mass is 163 g/mol. The fourth-order valence-corrected chi connectivity index (χ4v) is 0.749. The normalized spacial score (nSPS) is 12.6. The highest BCUT2D eigenvalue weighted by molar-refractivity contribution is 5.32. The maximum atomic E-state index is 3.85. The zero-order valence-corrected chi connectivity index (χ0v) is 8.15. The number of hydrogen-bond acceptors (Lipinski definition) is 1. The molecule has 0 spiro atoms. The number of rotatable bonds is 4. The molecular weight excluding hydrogens is 146 g/mol. The van der Waals surface area contributed by atoms with E-state index in [0.717, 1.165) is 11.3 Å². The maximum Gasteiger partial charge on any atom is 0.0336 e. The van der Waals surface area contributed by atoms with Crippen LogP contribution < -0.4 is 5.32 Å². The van der Waals surface area contributed by atoms with Crippen LogP contribution in [0, 0.1) is 0 Å². The summed E-state index contributed by atoms with van der Waals surface area (Å²) in [7, 11) is 0. The van der Waals surface area contributed by atoms with Gasteiger partial charge < -0.3 is 5.32 Å². The molecule has 1 N–H and O–H groups in total. The third-order valence-corrected chi connectivity index (χ3v) is 1.65. The first-order chi connectivity index (χ1) is 5.61. The Kier molecular flexibility index (Phi) is 4.86. The van der Waals surface area contributed by atoms with E-state index in [1.54, 1.807) is 6.20 Å². The minimum Gasteiger partial charge on any atom is -0.363 e. The Morgan fingerprint density at radius 3 is 2.33 bits per heavy atom. The molecule has 0 saturated carbocycles.